The minimum Gasteiger partial charge on any atom is -0.405 e. The number of carbonyl (C=O) groups excluding carboxylic acids is 2. The Morgan fingerprint density at radius 3 is 2.32 bits per heavy atom. The molecule has 2 N–H and O–H groups in total. The second kappa shape index (κ2) is 13.4. The van der Waals surface area contributed by atoms with Crippen molar-refractivity contribution in [2.24, 2.45) is 0 Å². The number of ether oxygens (including phenoxy) is 2. The molecule has 262 valence electrons. The summed E-state index contributed by atoms with van der Waals surface area (Å²) in [6, 6.07) is 18.8. The SMILES string of the molecule is O=C(NS(=O)(=O)c1ccccc1)c1cccc(NC(=O)N2C3CCC2CC(OCc2c(-c4ccccc4OC(F)(F)F)noc2C2CC2)C3)c1. The minimum absolute atomic E-state index is 0.0493. The Kier molecular flexibility index (Phi) is 9.03. The number of anilines is 1. The van der Waals surface area contributed by atoms with Crippen LogP contribution in [0.15, 0.2) is 88.3 Å². The van der Waals surface area contributed by atoms with Gasteiger partial charge in [-0.2, -0.15) is 0 Å². The molecule has 3 aromatic carbocycles. The number of nitrogens with one attached hydrogen (secondary N) is 2. The fourth-order valence-corrected chi connectivity index (χ4v) is 7.77. The molecule has 3 aliphatic rings. The van der Waals surface area contributed by atoms with Gasteiger partial charge in [-0.05, 0) is 81.0 Å². The maximum atomic E-state index is 13.5. The molecule has 0 spiro atoms. The van der Waals surface area contributed by atoms with E-state index < -0.39 is 22.3 Å². The molecular weight excluding hydrogens is 677 g/mol. The summed E-state index contributed by atoms with van der Waals surface area (Å²) < 4.78 is 83.1. The van der Waals surface area contributed by atoms with Crippen molar-refractivity contribution in [2.75, 3.05) is 5.32 Å². The number of rotatable bonds is 10. The number of halogens is 3. The number of benzene rings is 3. The number of para-hydroxylation sites is 1. The van der Waals surface area contributed by atoms with Crippen molar-refractivity contribution in [3.05, 3.63) is 95.7 Å². The Bertz CT molecular complexity index is 1990. The van der Waals surface area contributed by atoms with Gasteiger partial charge in [0.05, 0.1) is 17.6 Å². The molecule has 2 atom stereocenters. The van der Waals surface area contributed by atoms with Crippen molar-refractivity contribution >= 4 is 27.6 Å². The van der Waals surface area contributed by atoms with Gasteiger partial charge in [0, 0.05) is 40.4 Å². The number of carbonyl (C=O) groups is 2. The van der Waals surface area contributed by atoms with E-state index in [2.05, 4.69) is 19.9 Å². The molecule has 50 heavy (non-hydrogen) atoms. The first kappa shape index (κ1) is 33.6. The zero-order valence-electron chi connectivity index (χ0n) is 26.6. The molecule has 1 aromatic heterocycles. The predicted molar refractivity (Wildman–Crippen MR) is 174 cm³/mol. The van der Waals surface area contributed by atoms with Gasteiger partial charge in [-0.15, -0.1) is 13.2 Å². The van der Waals surface area contributed by atoms with E-state index in [9.17, 15) is 31.2 Å². The molecular formula is C35H33F3N4O7S. The van der Waals surface area contributed by atoms with Gasteiger partial charge in [-0.1, -0.05) is 41.6 Å². The van der Waals surface area contributed by atoms with Crippen molar-refractivity contribution in [1.29, 1.82) is 0 Å². The molecule has 2 saturated heterocycles. The number of fused-ring (bicyclic) bond motifs is 2. The van der Waals surface area contributed by atoms with Crippen LogP contribution in [0.4, 0.5) is 23.7 Å². The van der Waals surface area contributed by atoms with Crippen molar-refractivity contribution in [1.82, 2.24) is 14.8 Å². The number of alkyl halides is 3. The van der Waals surface area contributed by atoms with Crippen LogP contribution in [0.3, 0.4) is 0 Å². The molecule has 1 aliphatic carbocycles. The second-order valence-electron chi connectivity index (χ2n) is 12.6. The lowest BCUT2D eigenvalue weighted by molar-refractivity contribution is -0.274. The summed E-state index contributed by atoms with van der Waals surface area (Å²) in [6.07, 6.45) is -0.670. The largest absolute Gasteiger partial charge is 0.573 e. The highest BCUT2D eigenvalue weighted by atomic mass is 32.2. The van der Waals surface area contributed by atoms with Crippen molar-refractivity contribution in [2.45, 2.75) is 80.5 Å². The van der Waals surface area contributed by atoms with Crippen molar-refractivity contribution in [3.8, 4) is 17.0 Å². The summed E-state index contributed by atoms with van der Waals surface area (Å²) >= 11 is 0. The Morgan fingerprint density at radius 2 is 1.62 bits per heavy atom. The van der Waals surface area contributed by atoms with E-state index in [0.29, 0.717) is 29.9 Å². The average Bonchev–Trinajstić information content (AvgIpc) is 3.78. The molecule has 2 aliphatic heterocycles. The number of hydrogen-bond donors (Lipinski definition) is 2. The summed E-state index contributed by atoms with van der Waals surface area (Å²) in [4.78, 5) is 28.1. The van der Waals surface area contributed by atoms with E-state index in [1.165, 1.54) is 42.5 Å². The lowest BCUT2D eigenvalue weighted by atomic mass is 9.99. The Balaban J connectivity index is 0.998. The highest BCUT2D eigenvalue weighted by Crippen LogP contribution is 2.46. The summed E-state index contributed by atoms with van der Waals surface area (Å²) in [5.74, 6) is -0.474. The minimum atomic E-state index is -4.88. The van der Waals surface area contributed by atoms with Gasteiger partial charge < -0.3 is 24.2 Å². The number of hydrogen-bond acceptors (Lipinski definition) is 8. The molecule has 3 amide bonds. The first-order chi connectivity index (χ1) is 23.9. The quantitative estimate of drug-likeness (QED) is 0.180. The molecule has 0 radical (unpaired) electrons. The van der Waals surface area contributed by atoms with Gasteiger partial charge in [0.2, 0.25) is 0 Å². The molecule has 3 fully saturated rings. The highest BCUT2D eigenvalue weighted by molar-refractivity contribution is 7.90. The van der Waals surface area contributed by atoms with E-state index >= 15 is 0 Å². The Labute approximate surface area is 285 Å². The molecule has 2 unspecified atom stereocenters. The van der Waals surface area contributed by atoms with Crippen LogP contribution in [-0.4, -0.2) is 55.0 Å². The zero-order chi connectivity index (χ0) is 35.0. The molecule has 15 heteroatoms. The summed E-state index contributed by atoms with van der Waals surface area (Å²) in [5.41, 5.74) is 1.40. The van der Waals surface area contributed by atoms with Gasteiger partial charge in [-0.3, -0.25) is 4.79 Å². The van der Waals surface area contributed by atoms with Crippen LogP contribution < -0.4 is 14.8 Å². The maximum Gasteiger partial charge on any atom is 0.573 e. The van der Waals surface area contributed by atoms with Crippen molar-refractivity contribution < 1.29 is 45.2 Å². The second-order valence-corrected chi connectivity index (χ2v) is 14.3. The summed E-state index contributed by atoms with van der Waals surface area (Å²) in [6.45, 7) is 0.0795. The van der Waals surface area contributed by atoms with E-state index in [1.807, 2.05) is 0 Å². The number of urea groups is 1. The lowest BCUT2D eigenvalue weighted by Crippen LogP contribution is -2.50. The monoisotopic (exact) mass is 710 g/mol. The van der Waals surface area contributed by atoms with Gasteiger partial charge in [0.25, 0.3) is 15.9 Å². The summed E-state index contributed by atoms with van der Waals surface area (Å²) in [7, 11) is -4.08. The number of aromatic nitrogens is 1. The molecule has 4 aromatic rings. The number of amides is 3. The third-order valence-electron chi connectivity index (χ3n) is 9.18. The van der Waals surface area contributed by atoms with Crippen LogP contribution in [0.25, 0.3) is 11.3 Å². The van der Waals surface area contributed by atoms with E-state index in [-0.39, 0.29) is 64.2 Å². The molecule has 1 saturated carbocycles. The van der Waals surface area contributed by atoms with Crippen LogP contribution in [0.5, 0.6) is 5.75 Å². The van der Waals surface area contributed by atoms with Crippen LogP contribution >= 0.6 is 0 Å². The number of piperidine rings is 1. The lowest BCUT2D eigenvalue weighted by Gasteiger charge is -2.38. The summed E-state index contributed by atoms with van der Waals surface area (Å²) in [5, 5.41) is 7.00. The standard InChI is InChI=1S/C35H33F3N4O7S/c36-35(37,38)48-30-12-5-4-11-28(30)31-29(32(49-40-31)21-13-14-21)20-47-26-18-24-15-16-25(19-26)42(24)34(44)39-23-8-6-7-22(17-23)33(43)41-50(45,46)27-9-2-1-3-10-27/h1-12,17,21,24-26H,13-16,18-20H2,(H,39,44)(H,41,43). The Morgan fingerprint density at radius 1 is 0.920 bits per heavy atom. The van der Waals surface area contributed by atoms with E-state index in [4.69, 9.17) is 9.26 Å². The third-order valence-corrected chi connectivity index (χ3v) is 10.5. The van der Waals surface area contributed by atoms with Crippen molar-refractivity contribution in [3.63, 3.8) is 0 Å². The van der Waals surface area contributed by atoms with Crippen LogP contribution in [0, 0.1) is 0 Å². The first-order valence-corrected chi connectivity index (χ1v) is 17.7. The van der Waals surface area contributed by atoms with Gasteiger partial charge in [-0.25, -0.2) is 17.9 Å². The molecule has 3 heterocycles. The van der Waals surface area contributed by atoms with Gasteiger partial charge in [0.1, 0.15) is 17.2 Å². The average molecular weight is 711 g/mol. The smallest absolute Gasteiger partial charge is 0.405 e. The van der Waals surface area contributed by atoms with E-state index in [0.717, 1.165) is 25.7 Å². The Hall–Kier alpha value is -4.89. The van der Waals surface area contributed by atoms with Gasteiger partial charge >= 0.3 is 12.4 Å². The van der Waals surface area contributed by atoms with Crippen LogP contribution in [0.2, 0.25) is 0 Å². The van der Waals surface area contributed by atoms with Crippen LogP contribution in [0.1, 0.15) is 66.1 Å². The number of sulfonamides is 1. The molecule has 7 rings (SSSR count). The molecule has 11 nitrogen and oxygen atoms in total. The highest BCUT2D eigenvalue weighted by Gasteiger charge is 2.44. The topological polar surface area (TPSA) is 140 Å². The van der Waals surface area contributed by atoms with Gasteiger partial charge in [0.15, 0.2) is 0 Å². The fraction of sp³-hybridized carbons (Fsp3) is 0.343. The predicted octanol–water partition coefficient (Wildman–Crippen LogP) is 6.98. The number of nitrogens with zero attached hydrogens (tertiary/aromatic N) is 2. The fourth-order valence-electron chi connectivity index (χ4n) is 6.78. The third kappa shape index (κ3) is 7.33. The maximum absolute atomic E-state index is 13.5. The van der Waals surface area contributed by atoms with Crippen LogP contribution in [-0.2, 0) is 21.4 Å². The normalized spacial score (nSPS) is 20.4. The zero-order valence-corrected chi connectivity index (χ0v) is 27.4. The molecule has 2 bridgehead atoms. The van der Waals surface area contributed by atoms with E-state index in [1.54, 1.807) is 41.3 Å². The first-order valence-electron chi connectivity index (χ1n) is 16.2.